The van der Waals surface area contributed by atoms with Crippen molar-refractivity contribution in [1.82, 2.24) is 4.90 Å². The van der Waals surface area contributed by atoms with Crippen molar-refractivity contribution in [3.8, 4) is 17.2 Å². The number of nitrogens with zero attached hydrogens (tertiary/aromatic N) is 1. The molecule has 0 unspecified atom stereocenters. The summed E-state index contributed by atoms with van der Waals surface area (Å²) in [7, 11) is 3.34. The Hall–Kier alpha value is -3.28. The summed E-state index contributed by atoms with van der Waals surface area (Å²) in [6, 6.07) is 10.6. The van der Waals surface area contributed by atoms with Gasteiger partial charge in [-0.3, -0.25) is 9.59 Å². The van der Waals surface area contributed by atoms with E-state index in [1.54, 1.807) is 44.4 Å². The van der Waals surface area contributed by atoms with Crippen LogP contribution in [0.25, 0.3) is 6.08 Å². The molecule has 1 aliphatic rings. The average Bonchev–Trinajstić information content (AvgIpc) is 3.09. The van der Waals surface area contributed by atoms with Crippen LogP contribution in [0.3, 0.4) is 0 Å². The SMILES string of the molecule is CCOc1cc2c(cc1/C=C/C(=O)c1ccc(OCC(=O)N(C)C)cc1)O[C@@H](C)C2. The second-order valence-corrected chi connectivity index (χ2v) is 7.36. The van der Waals surface area contributed by atoms with Gasteiger partial charge in [0.2, 0.25) is 0 Å². The summed E-state index contributed by atoms with van der Waals surface area (Å²) in [5.74, 6) is 1.85. The van der Waals surface area contributed by atoms with Crippen LogP contribution in [0.5, 0.6) is 17.2 Å². The molecule has 0 aliphatic carbocycles. The Balaban J connectivity index is 1.70. The second-order valence-electron chi connectivity index (χ2n) is 7.36. The Labute approximate surface area is 177 Å². The molecule has 1 atom stereocenters. The van der Waals surface area contributed by atoms with Crippen molar-refractivity contribution in [3.05, 3.63) is 59.2 Å². The van der Waals surface area contributed by atoms with E-state index in [4.69, 9.17) is 14.2 Å². The zero-order valence-corrected chi connectivity index (χ0v) is 17.8. The third-order valence-electron chi connectivity index (χ3n) is 4.74. The molecule has 0 bridgehead atoms. The second kappa shape index (κ2) is 9.48. The number of fused-ring (bicyclic) bond motifs is 1. The van der Waals surface area contributed by atoms with Crippen LogP contribution in [0.2, 0.25) is 0 Å². The normalized spacial score (nSPS) is 14.9. The fourth-order valence-electron chi connectivity index (χ4n) is 3.12. The minimum absolute atomic E-state index is 0.0422. The zero-order valence-electron chi connectivity index (χ0n) is 17.8. The van der Waals surface area contributed by atoms with Crippen LogP contribution in [0, 0.1) is 0 Å². The lowest BCUT2D eigenvalue weighted by Gasteiger charge is -2.11. The monoisotopic (exact) mass is 409 g/mol. The first kappa shape index (κ1) is 21.4. The number of ketones is 1. The highest BCUT2D eigenvalue weighted by Crippen LogP contribution is 2.35. The van der Waals surface area contributed by atoms with E-state index in [2.05, 4.69) is 0 Å². The predicted molar refractivity (Wildman–Crippen MR) is 115 cm³/mol. The molecule has 0 aromatic heterocycles. The largest absolute Gasteiger partial charge is 0.493 e. The van der Waals surface area contributed by atoms with Gasteiger partial charge in [0.1, 0.15) is 23.4 Å². The molecule has 6 heteroatoms. The fourth-order valence-corrected chi connectivity index (χ4v) is 3.12. The Kier molecular flexibility index (Phi) is 6.77. The van der Waals surface area contributed by atoms with Crippen LogP contribution < -0.4 is 14.2 Å². The maximum Gasteiger partial charge on any atom is 0.259 e. The van der Waals surface area contributed by atoms with Crippen molar-refractivity contribution in [2.24, 2.45) is 0 Å². The molecule has 0 fully saturated rings. The van der Waals surface area contributed by atoms with Crippen LogP contribution in [-0.2, 0) is 11.2 Å². The lowest BCUT2D eigenvalue weighted by Crippen LogP contribution is -2.27. The van der Waals surface area contributed by atoms with E-state index in [1.165, 1.54) is 11.0 Å². The summed E-state index contributed by atoms with van der Waals surface area (Å²) < 4.78 is 17.0. The highest BCUT2D eigenvalue weighted by atomic mass is 16.5. The van der Waals surface area contributed by atoms with Gasteiger partial charge in [-0.25, -0.2) is 0 Å². The van der Waals surface area contributed by atoms with Gasteiger partial charge in [0.05, 0.1) is 6.61 Å². The molecule has 2 aromatic rings. The molecule has 1 amide bonds. The summed E-state index contributed by atoms with van der Waals surface area (Å²) in [6.45, 7) is 4.46. The van der Waals surface area contributed by atoms with Crippen LogP contribution in [-0.4, -0.2) is 50.0 Å². The molecular formula is C24H27NO5. The predicted octanol–water partition coefficient (Wildman–Crippen LogP) is 3.77. The van der Waals surface area contributed by atoms with Crippen LogP contribution in [0.15, 0.2) is 42.5 Å². The fraction of sp³-hybridized carbons (Fsp3) is 0.333. The molecule has 6 nitrogen and oxygen atoms in total. The average molecular weight is 409 g/mol. The van der Waals surface area contributed by atoms with Gasteiger partial charge in [0, 0.05) is 37.2 Å². The quantitative estimate of drug-likeness (QED) is 0.491. The molecular weight excluding hydrogens is 382 g/mol. The highest BCUT2D eigenvalue weighted by molar-refractivity contribution is 6.07. The van der Waals surface area contributed by atoms with Gasteiger partial charge in [-0.2, -0.15) is 0 Å². The van der Waals surface area contributed by atoms with Crippen LogP contribution in [0.4, 0.5) is 0 Å². The molecule has 0 saturated carbocycles. The van der Waals surface area contributed by atoms with Gasteiger partial charge < -0.3 is 19.1 Å². The molecule has 158 valence electrons. The minimum atomic E-state index is -0.136. The summed E-state index contributed by atoms with van der Waals surface area (Å²) in [6.07, 6.45) is 4.27. The Bertz CT molecular complexity index is 947. The van der Waals surface area contributed by atoms with Crippen molar-refractivity contribution in [2.45, 2.75) is 26.4 Å². The summed E-state index contributed by atoms with van der Waals surface area (Å²) >= 11 is 0. The standard InChI is InChI=1S/C24H27NO5/c1-5-28-22-14-19-12-16(2)30-23(19)13-18(22)8-11-21(26)17-6-9-20(10-7-17)29-15-24(27)25(3)4/h6-11,13-14,16H,5,12,15H2,1-4H3/b11-8+/t16-/m0/s1. The first-order valence-corrected chi connectivity index (χ1v) is 9.99. The van der Waals surface area contributed by atoms with E-state index in [1.807, 2.05) is 26.0 Å². The maximum atomic E-state index is 12.6. The highest BCUT2D eigenvalue weighted by Gasteiger charge is 2.21. The number of hydrogen-bond donors (Lipinski definition) is 0. The third kappa shape index (κ3) is 5.20. The molecule has 0 saturated heterocycles. The Morgan fingerprint density at radius 1 is 1.17 bits per heavy atom. The van der Waals surface area contributed by atoms with Crippen molar-refractivity contribution in [3.63, 3.8) is 0 Å². The van der Waals surface area contributed by atoms with E-state index < -0.39 is 0 Å². The minimum Gasteiger partial charge on any atom is -0.493 e. The lowest BCUT2D eigenvalue weighted by molar-refractivity contribution is -0.130. The van der Waals surface area contributed by atoms with Crippen LogP contribution in [0.1, 0.15) is 35.3 Å². The Morgan fingerprint density at radius 3 is 2.57 bits per heavy atom. The first-order chi connectivity index (χ1) is 14.4. The van der Waals surface area contributed by atoms with Gasteiger partial charge in [0.25, 0.3) is 5.91 Å². The molecule has 1 aliphatic heterocycles. The number of carbonyl (C=O) groups is 2. The Morgan fingerprint density at radius 2 is 1.90 bits per heavy atom. The number of allylic oxidation sites excluding steroid dienone is 1. The van der Waals surface area contributed by atoms with E-state index in [-0.39, 0.29) is 24.4 Å². The van der Waals surface area contributed by atoms with Gasteiger partial charge in [0.15, 0.2) is 12.4 Å². The zero-order chi connectivity index (χ0) is 21.7. The molecule has 0 N–H and O–H groups in total. The molecule has 3 rings (SSSR count). The lowest BCUT2D eigenvalue weighted by atomic mass is 10.0. The topological polar surface area (TPSA) is 65.1 Å². The summed E-state index contributed by atoms with van der Waals surface area (Å²) in [5, 5.41) is 0. The van der Waals surface area contributed by atoms with Gasteiger partial charge in [-0.15, -0.1) is 0 Å². The maximum absolute atomic E-state index is 12.6. The van der Waals surface area contributed by atoms with E-state index in [0.717, 1.165) is 29.0 Å². The number of likely N-dealkylation sites (N-methyl/N-ethyl adjacent to an activating group) is 1. The number of ether oxygens (including phenoxy) is 3. The van der Waals surface area contributed by atoms with Crippen molar-refractivity contribution in [2.75, 3.05) is 27.3 Å². The van der Waals surface area contributed by atoms with Crippen LogP contribution >= 0.6 is 0 Å². The van der Waals surface area contributed by atoms with Crippen molar-refractivity contribution < 1.29 is 23.8 Å². The molecule has 30 heavy (non-hydrogen) atoms. The number of benzene rings is 2. The van der Waals surface area contributed by atoms with Gasteiger partial charge in [-0.05, 0) is 62.4 Å². The molecule has 0 radical (unpaired) electrons. The molecule has 0 spiro atoms. The smallest absolute Gasteiger partial charge is 0.259 e. The summed E-state index contributed by atoms with van der Waals surface area (Å²) in [4.78, 5) is 25.6. The van der Waals surface area contributed by atoms with Crippen molar-refractivity contribution in [1.29, 1.82) is 0 Å². The van der Waals surface area contributed by atoms with Gasteiger partial charge in [-0.1, -0.05) is 0 Å². The third-order valence-corrected chi connectivity index (χ3v) is 4.74. The summed E-state index contributed by atoms with van der Waals surface area (Å²) in [5.41, 5.74) is 2.46. The number of amides is 1. The number of carbonyl (C=O) groups excluding carboxylic acids is 2. The van der Waals surface area contributed by atoms with E-state index in [0.29, 0.717) is 17.9 Å². The molecule has 1 heterocycles. The number of hydrogen-bond acceptors (Lipinski definition) is 5. The number of rotatable bonds is 8. The van der Waals surface area contributed by atoms with Crippen molar-refractivity contribution >= 4 is 17.8 Å². The van der Waals surface area contributed by atoms with Gasteiger partial charge >= 0.3 is 0 Å². The van der Waals surface area contributed by atoms with E-state index >= 15 is 0 Å². The first-order valence-electron chi connectivity index (χ1n) is 9.99. The molecule has 2 aromatic carbocycles. The van der Waals surface area contributed by atoms with E-state index in [9.17, 15) is 9.59 Å².